The molecule has 2 atom stereocenters. The summed E-state index contributed by atoms with van der Waals surface area (Å²) in [5, 5.41) is 0. The first kappa shape index (κ1) is 9.05. The van der Waals surface area contributed by atoms with Crippen LogP contribution in [-0.2, 0) is 4.74 Å². The average Bonchev–Trinajstić information content (AvgIpc) is 2.05. The van der Waals surface area contributed by atoms with Crippen molar-refractivity contribution in [1.29, 1.82) is 0 Å². The zero-order chi connectivity index (χ0) is 8.27. The molecular weight excluding hydrogens is 136 g/mol. The van der Waals surface area contributed by atoms with Gasteiger partial charge in [-0.15, -0.1) is 0 Å². The lowest BCUT2D eigenvalue weighted by Gasteiger charge is -2.30. The topological polar surface area (TPSA) is 9.23 Å². The van der Waals surface area contributed by atoms with Gasteiger partial charge in [-0.2, -0.15) is 0 Å². The first-order chi connectivity index (χ1) is 5.22. The molecule has 1 heteroatoms. The third-order valence-corrected chi connectivity index (χ3v) is 2.99. The van der Waals surface area contributed by atoms with Crippen LogP contribution in [0.1, 0.15) is 33.6 Å². The fourth-order valence-corrected chi connectivity index (χ4v) is 1.72. The molecule has 0 bridgehead atoms. The number of rotatable bonds is 2. The molecule has 1 rings (SSSR count). The average molecular weight is 156 g/mol. The van der Waals surface area contributed by atoms with Gasteiger partial charge in [0.05, 0.1) is 0 Å². The molecule has 0 aliphatic carbocycles. The molecule has 0 aromatic heterocycles. The third kappa shape index (κ3) is 2.48. The molecule has 1 aliphatic heterocycles. The molecule has 2 unspecified atom stereocenters. The molecule has 1 heterocycles. The van der Waals surface area contributed by atoms with Crippen LogP contribution in [0.4, 0.5) is 0 Å². The van der Waals surface area contributed by atoms with E-state index in [1.165, 1.54) is 12.8 Å². The van der Waals surface area contributed by atoms with Crippen LogP contribution in [0.25, 0.3) is 0 Å². The number of hydrogen-bond acceptors (Lipinski definition) is 1. The molecule has 11 heavy (non-hydrogen) atoms. The minimum atomic E-state index is 0.807. The van der Waals surface area contributed by atoms with Gasteiger partial charge in [-0.25, -0.2) is 0 Å². The summed E-state index contributed by atoms with van der Waals surface area (Å²) >= 11 is 0. The maximum atomic E-state index is 5.45. The Morgan fingerprint density at radius 1 is 1.27 bits per heavy atom. The highest BCUT2D eigenvalue weighted by atomic mass is 16.5. The maximum absolute atomic E-state index is 5.45. The zero-order valence-electron chi connectivity index (χ0n) is 7.97. The molecule has 1 fully saturated rings. The third-order valence-electron chi connectivity index (χ3n) is 2.99. The molecule has 0 amide bonds. The van der Waals surface area contributed by atoms with Crippen LogP contribution in [0.5, 0.6) is 0 Å². The van der Waals surface area contributed by atoms with E-state index in [0.717, 1.165) is 31.0 Å². The van der Waals surface area contributed by atoms with E-state index in [1.807, 2.05) is 0 Å². The lowest BCUT2D eigenvalue weighted by atomic mass is 9.82. The molecule has 1 saturated heterocycles. The highest BCUT2D eigenvalue weighted by Gasteiger charge is 2.22. The minimum absolute atomic E-state index is 0.807. The fourth-order valence-electron chi connectivity index (χ4n) is 1.72. The molecule has 66 valence electrons. The lowest BCUT2D eigenvalue weighted by Crippen LogP contribution is -2.26. The second-order valence-corrected chi connectivity index (χ2v) is 4.08. The van der Waals surface area contributed by atoms with Gasteiger partial charge >= 0.3 is 0 Å². The van der Waals surface area contributed by atoms with E-state index >= 15 is 0 Å². The van der Waals surface area contributed by atoms with Crippen molar-refractivity contribution in [3.63, 3.8) is 0 Å². The summed E-state index contributed by atoms with van der Waals surface area (Å²) < 4.78 is 5.45. The summed E-state index contributed by atoms with van der Waals surface area (Å²) in [6.45, 7) is 8.95. The Morgan fingerprint density at radius 3 is 2.45 bits per heavy atom. The van der Waals surface area contributed by atoms with Crippen LogP contribution < -0.4 is 0 Å². The van der Waals surface area contributed by atoms with Crippen molar-refractivity contribution in [3.05, 3.63) is 0 Å². The van der Waals surface area contributed by atoms with Crippen molar-refractivity contribution >= 4 is 0 Å². The van der Waals surface area contributed by atoms with Crippen LogP contribution in [0.2, 0.25) is 0 Å². The highest BCUT2D eigenvalue weighted by molar-refractivity contribution is 4.71. The molecule has 1 nitrogen and oxygen atoms in total. The van der Waals surface area contributed by atoms with Gasteiger partial charge in [-0.05, 0) is 30.6 Å². The normalized spacial score (nSPS) is 28.9. The van der Waals surface area contributed by atoms with Crippen LogP contribution >= 0.6 is 0 Å². The standard InChI is InChI=1S/C10H20O/c1-8(2)9(3)10-5-4-6-11-7-10/h8-10H,4-7H2,1-3H3. The largest absolute Gasteiger partial charge is 0.381 e. The number of ether oxygens (including phenoxy) is 1. The Balaban J connectivity index is 2.32. The van der Waals surface area contributed by atoms with Crippen molar-refractivity contribution in [2.45, 2.75) is 33.6 Å². The van der Waals surface area contributed by atoms with Gasteiger partial charge < -0.3 is 4.74 Å². The van der Waals surface area contributed by atoms with Crippen molar-refractivity contribution in [1.82, 2.24) is 0 Å². The van der Waals surface area contributed by atoms with Gasteiger partial charge in [-0.1, -0.05) is 20.8 Å². The van der Waals surface area contributed by atoms with Gasteiger partial charge in [0.25, 0.3) is 0 Å². The van der Waals surface area contributed by atoms with Crippen molar-refractivity contribution in [2.24, 2.45) is 17.8 Å². The molecule has 0 N–H and O–H groups in total. The predicted octanol–water partition coefficient (Wildman–Crippen LogP) is 2.71. The number of hydrogen-bond donors (Lipinski definition) is 0. The maximum Gasteiger partial charge on any atom is 0.0496 e. The van der Waals surface area contributed by atoms with Gasteiger partial charge in [0.2, 0.25) is 0 Å². The van der Waals surface area contributed by atoms with Crippen LogP contribution in [-0.4, -0.2) is 13.2 Å². The Morgan fingerprint density at radius 2 is 2.00 bits per heavy atom. The van der Waals surface area contributed by atoms with Gasteiger partial charge in [0, 0.05) is 13.2 Å². The summed E-state index contributed by atoms with van der Waals surface area (Å²) in [5.74, 6) is 2.46. The fraction of sp³-hybridized carbons (Fsp3) is 1.00. The Bertz CT molecular complexity index is 103. The molecule has 0 aromatic carbocycles. The molecule has 0 spiro atoms. The minimum Gasteiger partial charge on any atom is -0.381 e. The summed E-state index contributed by atoms with van der Waals surface area (Å²) in [5.41, 5.74) is 0. The van der Waals surface area contributed by atoms with E-state index < -0.39 is 0 Å². The quantitative estimate of drug-likeness (QED) is 0.597. The zero-order valence-corrected chi connectivity index (χ0v) is 7.97. The second kappa shape index (κ2) is 4.10. The van der Waals surface area contributed by atoms with E-state index in [1.54, 1.807) is 0 Å². The predicted molar refractivity (Wildman–Crippen MR) is 47.5 cm³/mol. The van der Waals surface area contributed by atoms with Gasteiger partial charge in [0.15, 0.2) is 0 Å². The van der Waals surface area contributed by atoms with Crippen LogP contribution in [0.3, 0.4) is 0 Å². The molecule has 1 aliphatic rings. The molecule has 0 saturated carbocycles. The summed E-state index contributed by atoms with van der Waals surface area (Å²) in [7, 11) is 0. The molecular formula is C10H20O. The second-order valence-electron chi connectivity index (χ2n) is 4.08. The van der Waals surface area contributed by atoms with Crippen LogP contribution in [0.15, 0.2) is 0 Å². The lowest BCUT2D eigenvalue weighted by molar-refractivity contribution is 0.0247. The Hall–Kier alpha value is -0.0400. The Kier molecular flexibility index (Phi) is 3.38. The highest BCUT2D eigenvalue weighted by Crippen LogP contribution is 2.27. The van der Waals surface area contributed by atoms with E-state index in [0.29, 0.717) is 0 Å². The van der Waals surface area contributed by atoms with E-state index in [4.69, 9.17) is 4.74 Å². The molecule has 0 aromatic rings. The van der Waals surface area contributed by atoms with Gasteiger partial charge in [0.1, 0.15) is 0 Å². The van der Waals surface area contributed by atoms with E-state index in [9.17, 15) is 0 Å². The monoisotopic (exact) mass is 156 g/mol. The first-order valence-corrected chi connectivity index (χ1v) is 4.79. The van der Waals surface area contributed by atoms with Crippen molar-refractivity contribution < 1.29 is 4.74 Å². The summed E-state index contributed by atoms with van der Waals surface area (Å²) in [6.07, 6.45) is 2.64. The smallest absolute Gasteiger partial charge is 0.0496 e. The Labute approximate surface area is 70.1 Å². The SMILES string of the molecule is CC(C)C(C)C1CCCOC1. The van der Waals surface area contributed by atoms with Crippen molar-refractivity contribution in [2.75, 3.05) is 13.2 Å². The first-order valence-electron chi connectivity index (χ1n) is 4.79. The van der Waals surface area contributed by atoms with Crippen LogP contribution in [0, 0.1) is 17.8 Å². The summed E-state index contributed by atoms with van der Waals surface area (Å²) in [6, 6.07) is 0. The van der Waals surface area contributed by atoms with Crippen molar-refractivity contribution in [3.8, 4) is 0 Å². The van der Waals surface area contributed by atoms with E-state index in [-0.39, 0.29) is 0 Å². The van der Waals surface area contributed by atoms with Gasteiger partial charge in [-0.3, -0.25) is 0 Å². The summed E-state index contributed by atoms with van der Waals surface area (Å²) in [4.78, 5) is 0. The molecule has 0 radical (unpaired) electrons. The van der Waals surface area contributed by atoms with E-state index in [2.05, 4.69) is 20.8 Å².